The summed E-state index contributed by atoms with van der Waals surface area (Å²) in [5, 5.41) is 19.4. The van der Waals surface area contributed by atoms with Crippen LogP contribution in [0, 0.1) is 0 Å². The predicted molar refractivity (Wildman–Crippen MR) is 72.6 cm³/mol. The van der Waals surface area contributed by atoms with Gasteiger partial charge in [-0.2, -0.15) is 0 Å². The molecule has 0 spiro atoms. The van der Waals surface area contributed by atoms with Crippen molar-refractivity contribution in [3.63, 3.8) is 0 Å². The number of carbonyl (C=O) groups excluding carboxylic acids is 1. The molecule has 1 atom stereocenters. The maximum Gasteiger partial charge on any atom is 0.344 e. The van der Waals surface area contributed by atoms with Crippen molar-refractivity contribution in [3.05, 3.63) is 29.3 Å². The molecule has 0 bridgehead atoms. The molecule has 0 heterocycles. The quantitative estimate of drug-likeness (QED) is 0.782. The van der Waals surface area contributed by atoms with E-state index in [9.17, 15) is 15.0 Å². The van der Waals surface area contributed by atoms with Crippen LogP contribution in [0.3, 0.4) is 0 Å². The molecule has 0 amide bonds. The van der Waals surface area contributed by atoms with E-state index in [0.29, 0.717) is 31.6 Å². The Bertz CT molecular complexity index is 485. The third-order valence-electron chi connectivity index (χ3n) is 3.54. The number of aliphatic hydroxyl groups excluding tert-OH is 1. The lowest BCUT2D eigenvalue weighted by atomic mass is 9.80. The molecule has 1 aliphatic rings. The number of fused-ring (bicyclic) bond motifs is 1. The lowest BCUT2D eigenvalue weighted by Crippen LogP contribution is -2.39. The number of aliphatic hydroxyl groups is 2. The highest BCUT2D eigenvalue weighted by molar-refractivity contribution is 5.71. The Morgan fingerprint density at radius 3 is 2.95 bits per heavy atom. The minimum atomic E-state index is -1.05. The fraction of sp³-hybridized carbons (Fsp3) is 0.533. The summed E-state index contributed by atoms with van der Waals surface area (Å²) in [6.07, 6.45) is 1.50. The summed E-state index contributed by atoms with van der Waals surface area (Å²) in [6, 6.07) is 5.54. The topological polar surface area (TPSA) is 76.0 Å². The Hall–Kier alpha value is -1.59. The first-order chi connectivity index (χ1) is 9.58. The minimum absolute atomic E-state index is 0.117. The van der Waals surface area contributed by atoms with Gasteiger partial charge in [0, 0.05) is 6.42 Å². The molecular weight excluding hydrogens is 260 g/mol. The van der Waals surface area contributed by atoms with E-state index in [2.05, 4.69) is 0 Å². The second kappa shape index (κ2) is 6.24. The molecule has 1 aromatic carbocycles. The van der Waals surface area contributed by atoms with Gasteiger partial charge in [0.2, 0.25) is 0 Å². The van der Waals surface area contributed by atoms with Gasteiger partial charge in [-0.1, -0.05) is 12.1 Å². The van der Waals surface area contributed by atoms with Crippen LogP contribution in [0.15, 0.2) is 18.2 Å². The number of esters is 1. The Kier molecular flexibility index (Phi) is 4.62. The van der Waals surface area contributed by atoms with Gasteiger partial charge < -0.3 is 19.7 Å². The van der Waals surface area contributed by atoms with Crippen LogP contribution in [-0.2, 0) is 22.4 Å². The number of benzene rings is 1. The molecule has 0 saturated carbocycles. The number of ether oxygens (including phenoxy) is 2. The largest absolute Gasteiger partial charge is 0.482 e. The summed E-state index contributed by atoms with van der Waals surface area (Å²) in [7, 11) is 0. The lowest BCUT2D eigenvalue weighted by Gasteiger charge is -2.32. The lowest BCUT2D eigenvalue weighted by molar-refractivity contribution is -0.145. The van der Waals surface area contributed by atoms with Gasteiger partial charge in [-0.15, -0.1) is 0 Å². The molecule has 2 rings (SSSR count). The van der Waals surface area contributed by atoms with E-state index in [0.717, 1.165) is 11.1 Å². The first-order valence-electron chi connectivity index (χ1n) is 6.80. The molecular formula is C15H20O5. The van der Waals surface area contributed by atoms with Gasteiger partial charge in [-0.25, -0.2) is 4.79 Å². The molecule has 0 radical (unpaired) electrons. The average molecular weight is 280 g/mol. The normalized spacial score (nSPS) is 21.1. The van der Waals surface area contributed by atoms with Gasteiger partial charge in [0.1, 0.15) is 5.75 Å². The van der Waals surface area contributed by atoms with Crippen LogP contribution in [0.5, 0.6) is 5.75 Å². The SMILES string of the molecule is CCOC(=O)COc1cccc2c1CC[C@](O)(CO)C2. The van der Waals surface area contributed by atoms with Crippen molar-refractivity contribution >= 4 is 5.97 Å². The van der Waals surface area contributed by atoms with Crippen molar-refractivity contribution in [2.24, 2.45) is 0 Å². The summed E-state index contributed by atoms with van der Waals surface area (Å²) in [4.78, 5) is 11.3. The van der Waals surface area contributed by atoms with E-state index < -0.39 is 11.6 Å². The van der Waals surface area contributed by atoms with E-state index in [4.69, 9.17) is 9.47 Å². The maximum atomic E-state index is 11.3. The van der Waals surface area contributed by atoms with Crippen LogP contribution in [0.4, 0.5) is 0 Å². The van der Waals surface area contributed by atoms with E-state index in [1.54, 1.807) is 13.0 Å². The molecule has 20 heavy (non-hydrogen) atoms. The number of hydrogen-bond acceptors (Lipinski definition) is 5. The fourth-order valence-corrected chi connectivity index (χ4v) is 2.47. The molecule has 2 N–H and O–H groups in total. The Morgan fingerprint density at radius 1 is 1.45 bits per heavy atom. The third-order valence-corrected chi connectivity index (χ3v) is 3.54. The second-order valence-electron chi connectivity index (χ2n) is 5.05. The fourth-order valence-electron chi connectivity index (χ4n) is 2.47. The van der Waals surface area contributed by atoms with Crippen molar-refractivity contribution in [1.29, 1.82) is 0 Å². The molecule has 0 unspecified atom stereocenters. The van der Waals surface area contributed by atoms with Crippen LogP contribution >= 0.6 is 0 Å². The highest BCUT2D eigenvalue weighted by atomic mass is 16.6. The zero-order valence-electron chi connectivity index (χ0n) is 11.6. The van der Waals surface area contributed by atoms with E-state index in [1.807, 2.05) is 12.1 Å². The summed E-state index contributed by atoms with van der Waals surface area (Å²) in [6.45, 7) is 1.71. The van der Waals surface area contributed by atoms with Crippen LogP contribution in [0.25, 0.3) is 0 Å². The monoisotopic (exact) mass is 280 g/mol. The molecule has 110 valence electrons. The highest BCUT2D eigenvalue weighted by Gasteiger charge is 2.32. The van der Waals surface area contributed by atoms with Crippen LogP contribution in [-0.4, -0.2) is 41.6 Å². The highest BCUT2D eigenvalue weighted by Crippen LogP contribution is 2.34. The molecule has 0 aromatic heterocycles. The Balaban J connectivity index is 2.10. The van der Waals surface area contributed by atoms with Crippen molar-refractivity contribution in [3.8, 4) is 5.75 Å². The molecule has 1 aromatic rings. The number of rotatable bonds is 5. The number of carbonyl (C=O) groups is 1. The zero-order valence-corrected chi connectivity index (χ0v) is 11.6. The first-order valence-corrected chi connectivity index (χ1v) is 6.80. The Morgan fingerprint density at radius 2 is 2.25 bits per heavy atom. The first kappa shape index (κ1) is 14.8. The van der Waals surface area contributed by atoms with Gasteiger partial charge >= 0.3 is 5.97 Å². The van der Waals surface area contributed by atoms with Gasteiger partial charge in [-0.05, 0) is 37.0 Å². The van der Waals surface area contributed by atoms with Gasteiger partial charge in [0.25, 0.3) is 0 Å². The van der Waals surface area contributed by atoms with Gasteiger partial charge in [-0.3, -0.25) is 0 Å². The minimum Gasteiger partial charge on any atom is -0.482 e. The third kappa shape index (κ3) is 3.29. The second-order valence-corrected chi connectivity index (χ2v) is 5.05. The van der Waals surface area contributed by atoms with Crippen molar-refractivity contribution < 1.29 is 24.5 Å². The Labute approximate surface area is 118 Å². The molecule has 5 heteroatoms. The predicted octanol–water partition coefficient (Wildman–Crippen LogP) is 0.841. The van der Waals surface area contributed by atoms with Crippen molar-refractivity contribution in [1.82, 2.24) is 0 Å². The molecule has 1 aliphatic carbocycles. The maximum absolute atomic E-state index is 11.3. The number of hydrogen-bond donors (Lipinski definition) is 2. The standard InChI is InChI=1S/C15H20O5/c1-2-19-14(17)9-20-13-5-3-4-11-8-15(18,10-16)7-6-12(11)13/h3-5,16,18H,2,6-10H2,1H3/t15-/m1/s1. The summed E-state index contributed by atoms with van der Waals surface area (Å²) < 4.78 is 10.3. The zero-order chi connectivity index (χ0) is 14.6. The van der Waals surface area contributed by atoms with Gasteiger partial charge in [0.15, 0.2) is 6.61 Å². The van der Waals surface area contributed by atoms with Crippen molar-refractivity contribution in [2.75, 3.05) is 19.8 Å². The molecule has 0 saturated heterocycles. The average Bonchev–Trinajstić information content (AvgIpc) is 2.45. The summed E-state index contributed by atoms with van der Waals surface area (Å²) in [5.74, 6) is 0.253. The molecule has 5 nitrogen and oxygen atoms in total. The smallest absolute Gasteiger partial charge is 0.344 e. The van der Waals surface area contributed by atoms with Crippen molar-refractivity contribution in [2.45, 2.75) is 31.8 Å². The molecule has 0 aliphatic heterocycles. The van der Waals surface area contributed by atoms with Gasteiger partial charge in [0.05, 0.1) is 18.8 Å². The van der Waals surface area contributed by atoms with E-state index >= 15 is 0 Å². The van der Waals surface area contributed by atoms with Crippen LogP contribution in [0.2, 0.25) is 0 Å². The molecule has 0 fully saturated rings. The van der Waals surface area contributed by atoms with Crippen LogP contribution < -0.4 is 4.74 Å². The summed E-state index contributed by atoms with van der Waals surface area (Å²) >= 11 is 0. The van der Waals surface area contributed by atoms with E-state index in [-0.39, 0.29) is 13.2 Å². The van der Waals surface area contributed by atoms with E-state index in [1.165, 1.54) is 0 Å². The summed E-state index contributed by atoms with van der Waals surface area (Å²) in [5.41, 5.74) is 0.899. The van der Waals surface area contributed by atoms with Crippen LogP contribution in [0.1, 0.15) is 24.5 Å².